The zero-order valence-electron chi connectivity index (χ0n) is 12.1. The molecule has 0 fully saturated rings. The Morgan fingerprint density at radius 1 is 1.35 bits per heavy atom. The Morgan fingerprint density at radius 3 is 2.50 bits per heavy atom. The Hall–Kier alpha value is -1.26. The SMILES string of the molecule is CC(C)CC(=O)OCCC(C)(O)Oc1ccc(Cl)cc1. The Kier molecular flexibility index (Phi) is 6.30. The van der Waals surface area contributed by atoms with Gasteiger partial charge in [-0.05, 0) is 30.2 Å². The van der Waals surface area contributed by atoms with E-state index in [2.05, 4.69) is 0 Å². The summed E-state index contributed by atoms with van der Waals surface area (Å²) in [4.78, 5) is 11.4. The lowest BCUT2D eigenvalue weighted by atomic mass is 10.1. The number of carbonyl (C=O) groups is 1. The minimum Gasteiger partial charge on any atom is -0.465 e. The fraction of sp³-hybridized carbons (Fsp3) is 0.533. The maximum atomic E-state index is 11.4. The van der Waals surface area contributed by atoms with Gasteiger partial charge >= 0.3 is 5.97 Å². The van der Waals surface area contributed by atoms with E-state index in [1.165, 1.54) is 6.92 Å². The number of hydrogen-bond donors (Lipinski definition) is 1. The summed E-state index contributed by atoms with van der Waals surface area (Å²) in [5.41, 5.74) is 0. The second kappa shape index (κ2) is 7.50. The molecule has 112 valence electrons. The number of ether oxygens (including phenoxy) is 2. The van der Waals surface area contributed by atoms with Crippen LogP contribution in [0.15, 0.2) is 24.3 Å². The number of benzene rings is 1. The summed E-state index contributed by atoms with van der Waals surface area (Å²) in [5, 5.41) is 10.7. The molecule has 1 atom stereocenters. The summed E-state index contributed by atoms with van der Waals surface area (Å²) in [6, 6.07) is 6.69. The summed E-state index contributed by atoms with van der Waals surface area (Å²) in [6.07, 6.45) is 0.569. The highest BCUT2D eigenvalue weighted by Gasteiger charge is 2.23. The molecule has 1 N–H and O–H groups in total. The number of rotatable bonds is 7. The van der Waals surface area contributed by atoms with Gasteiger partial charge in [0.15, 0.2) is 0 Å². The normalized spacial score (nSPS) is 13.9. The van der Waals surface area contributed by atoms with E-state index in [4.69, 9.17) is 21.1 Å². The van der Waals surface area contributed by atoms with Gasteiger partial charge in [0.2, 0.25) is 5.79 Å². The molecule has 0 radical (unpaired) electrons. The van der Waals surface area contributed by atoms with Gasteiger partial charge in [-0.3, -0.25) is 4.79 Å². The van der Waals surface area contributed by atoms with E-state index in [-0.39, 0.29) is 24.9 Å². The number of hydrogen-bond acceptors (Lipinski definition) is 4. The van der Waals surface area contributed by atoms with Crippen molar-refractivity contribution in [3.05, 3.63) is 29.3 Å². The zero-order valence-corrected chi connectivity index (χ0v) is 12.8. The molecule has 0 bridgehead atoms. The average Bonchev–Trinajstić information content (AvgIpc) is 2.30. The van der Waals surface area contributed by atoms with Crippen LogP contribution in [0.5, 0.6) is 5.75 Å². The molecule has 1 aromatic rings. The molecule has 0 spiro atoms. The van der Waals surface area contributed by atoms with Gasteiger partial charge in [-0.2, -0.15) is 0 Å². The molecule has 0 aliphatic heterocycles. The van der Waals surface area contributed by atoms with Crippen molar-refractivity contribution in [1.29, 1.82) is 0 Å². The number of halogens is 1. The van der Waals surface area contributed by atoms with E-state index in [0.29, 0.717) is 17.2 Å². The van der Waals surface area contributed by atoms with E-state index in [9.17, 15) is 9.90 Å². The van der Waals surface area contributed by atoms with Crippen molar-refractivity contribution < 1.29 is 19.4 Å². The molecule has 0 saturated carbocycles. The van der Waals surface area contributed by atoms with Crippen molar-refractivity contribution in [2.45, 2.75) is 39.4 Å². The lowest BCUT2D eigenvalue weighted by Crippen LogP contribution is -2.33. The lowest BCUT2D eigenvalue weighted by molar-refractivity contribution is -0.155. The molecule has 4 nitrogen and oxygen atoms in total. The number of carbonyl (C=O) groups excluding carboxylic acids is 1. The van der Waals surface area contributed by atoms with Crippen molar-refractivity contribution >= 4 is 17.6 Å². The summed E-state index contributed by atoms with van der Waals surface area (Å²) >= 11 is 5.77. The van der Waals surface area contributed by atoms with Crippen LogP contribution in [0.1, 0.15) is 33.6 Å². The monoisotopic (exact) mass is 300 g/mol. The van der Waals surface area contributed by atoms with Crippen molar-refractivity contribution in [3.63, 3.8) is 0 Å². The molecule has 0 aliphatic carbocycles. The van der Waals surface area contributed by atoms with Crippen LogP contribution >= 0.6 is 11.6 Å². The minimum absolute atomic E-state index is 0.117. The summed E-state index contributed by atoms with van der Waals surface area (Å²) in [5.74, 6) is -0.894. The molecule has 0 aromatic heterocycles. The number of esters is 1. The third-order valence-corrected chi connectivity index (χ3v) is 2.81. The van der Waals surface area contributed by atoms with Crippen molar-refractivity contribution in [2.75, 3.05) is 6.61 Å². The summed E-state index contributed by atoms with van der Waals surface area (Å²) in [7, 11) is 0. The molecule has 5 heteroatoms. The van der Waals surface area contributed by atoms with E-state index in [1.807, 2.05) is 13.8 Å². The van der Waals surface area contributed by atoms with Gasteiger partial charge in [-0.15, -0.1) is 0 Å². The molecular weight excluding hydrogens is 280 g/mol. The first-order valence-electron chi connectivity index (χ1n) is 6.61. The van der Waals surface area contributed by atoms with Crippen LogP contribution < -0.4 is 4.74 Å². The van der Waals surface area contributed by atoms with Gasteiger partial charge in [-0.25, -0.2) is 0 Å². The fourth-order valence-corrected chi connectivity index (χ4v) is 1.68. The van der Waals surface area contributed by atoms with Crippen LogP contribution in [0.25, 0.3) is 0 Å². The topological polar surface area (TPSA) is 55.8 Å². The van der Waals surface area contributed by atoms with Crippen molar-refractivity contribution in [3.8, 4) is 5.75 Å². The van der Waals surface area contributed by atoms with E-state index in [0.717, 1.165) is 0 Å². The second-order valence-corrected chi connectivity index (χ2v) is 5.74. The fourth-order valence-electron chi connectivity index (χ4n) is 1.55. The Morgan fingerprint density at radius 2 is 1.95 bits per heavy atom. The molecule has 1 rings (SSSR count). The van der Waals surface area contributed by atoms with Gasteiger partial charge in [0.1, 0.15) is 5.75 Å². The Bertz CT molecular complexity index is 426. The Labute approximate surface area is 124 Å². The molecule has 1 unspecified atom stereocenters. The lowest BCUT2D eigenvalue weighted by Gasteiger charge is -2.24. The van der Waals surface area contributed by atoms with E-state index >= 15 is 0 Å². The maximum absolute atomic E-state index is 11.4. The first-order valence-corrected chi connectivity index (χ1v) is 6.99. The third-order valence-electron chi connectivity index (χ3n) is 2.56. The first kappa shape index (κ1) is 16.8. The zero-order chi connectivity index (χ0) is 15.2. The highest BCUT2D eigenvalue weighted by atomic mass is 35.5. The highest BCUT2D eigenvalue weighted by molar-refractivity contribution is 6.30. The molecular formula is C15H21ClO4. The smallest absolute Gasteiger partial charge is 0.306 e. The summed E-state index contributed by atoms with van der Waals surface area (Å²) < 4.78 is 10.5. The van der Waals surface area contributed by atoms with E-state index in [1.54, 1.807) is 24.3 Å². The second-order valence-electron chi connectivity index (χ2n) is 5.30. The van der Waals surface area contributed by atoms with Crippen LogP contribution in [0, 0.1) is 5.92 Å². The summed E-state index contributed by atoms with van der Waals surface area (Å²) in [6.45, 7) is 5.53. The quantitative estimate of drug-likeness (QED) is 0.619. The van der Waals surface area contributed by atoms with Crippen LogP contribution in [0.4, 0.5) is 0 Å². The van der Waals surface area contributed by atoms with Gasteiger partial charge in [0.25, 0.3) is 0 Å². The van der Waals surface area contributed by atoms with Crippen LogP contribution in [0.3, 0.4) is 0 Å². The predicted molar refractivity (Wildman–Crippen MR) is 77.7 cm³/mol. The van der Waals surface area contributed by atoms with Crippen molar-refractivity contribution in [2.24, 2.45) is 5.92 Å². The number of aliphatic hydroxyl groups is 1. The molecule has 0 saturated heterocycles. The van der Waals surface area contributed by atoms with Crippen LogP contribution in [-0.4, -0.2) is 23.5 Å². The third kappa shape index (κ3) is 6.78. The van der Waals surface area contributed by atoms with Gasteiger partial charge in [-0.1, -0.05) is 25.4 Å². The van der Waals surface area contributed by atoms with E-state index < -0.39 is 5.79 Å². The largest absolute Gasteiger partial charge is 0.465 e. The van der Waals surface area contributed by atoms with Crippen molar-refractivity contribution in [1.82, 2.24) is 0 Å². The van der Waals surface area contributed by atoms with Gasteiger partial charge in [0, 0.05) is 24.8 Å². The highest BCUT2D eigenvalue weighted by Crippen LogP contribution is 2.21. The molecule has 0 aliphatic rings. The average molecular weight is 301 g/mol. The minimum atomic E-state index is -1.40. The van der Waals surface area contributed by atoms with Gasteiger partial charge in [0.05, 0.1) is 6.61 Å². The maximum Gasteiger partial charge on any atom is 0.306 e. The molecule has 0 heterocycles. The predicted octanol–water partition coefficient (Wildman–Crippen LogP) is 3.41. The first-order chi connectivity index (χ1) is 9.28. The van der Waals surface area contributed by atoms with Crippen LogP contribution in [-0.2, 0) is 9.53 Å². The molecule has 0 amide bonds. The van der Waals surface area contributed by atoms with Crippen LogP contribution in [0.2, 0.25) is 5.02 Å². The standard InChI is InChI=1S/C15H21ClO4/c1-11(2)10-14(17)19-9-8-15(3,18)20-13-6-4-12(16)5-7-13/h4-7,11,18H,8-10H2,1-3H3. The Balaban J connectivity index is 2.37. The molecule has 20 heavy (non-hydrogen) atoms. The van der Waals surface area contributed by atoms with Gasteiger partial charge < -0.3 is 14.6 Å². The molecule has 1 aromatic carbocycles.